The zero-order chi connectivity index (χ0) is 63.5. The van der Waals surface area contributed by atoms with E-state index in [-0.39, 0.29) is 128 Å². The Morgan fingerprint density at radius 1 is 0.558 bits per heavy atom. The second-order valence-electron chi connectivity index (χ2n) is 18.8. The van der Waals surface area contributed by atoms with Crippen LogP contribution >= 0.6 is 0 Å². The predicted molar refractivity (Wildman–Crippen MR) is 310 cm³/mol. The van der Waals surface area contributed by atoms with Crippen LogP contribution in [0.25, 0.3) is 4.85 Å². The molecule has 0 spiro atoms. The van der Waals surface area contributed by atoms with Gasteiger partial charge in [-0.2, -0.15) is 0 Å². The van der Waals surface area contributed by atoms with Crippen LogP contribution < -0.4 is 51.4 Å². The Hall–Kier alpha value is -5.81. The molecule has 0 aromatic carbocycles. The third-order valence-electron chi connectivity index (χ3n) is 13.2. The number of hydrogen-bond acceptors (Lipinski definition) is 22. The summed E-state index contributed by atoms with van der Waals surface area (Å²) in [6.45, 7) is 45.6. The molecule has 9 aliphatic rings. The van der Waals surface area contributed by atoms with Gasteiger partial charge in [0, 0.05) is 83.5 Å². The van der Waals surface area contributed by atoms with E-state index in [0.29, 0.717) is 104 Å². The van der Waals surface area contributed by atoms with E-state index in [2.05, 4.69) is 42.5 Å². The molecule has 23 nitrogen and oxygen atoms in total. The fourth-order valence-corrected chi connectivity index (χ4v) is 8.18. The van der Waals surface area contributed by atoms with Gasteiger partial charge in [0.15, 0.2) is 12.6 Å². The summed E-state index contributed by atoms with van der Waals surface area (Å²) in [6.07, 6.45) is 12.2. The molecular formula is C62H86KN2O21+. The molecule has 0 amide bonds. The van der Waals surface area contributed by atoms with Crippen molar-refractivity contribution in [1.82, 2.24) is 0 Å². The summed E-state index contributed by atoms with van der Waals surface area (Å²) >= 11 is 0. The smallest absolute Gasteiger partial charge is 0.512 e. The predicted octanol–water partition coefficient (Wildman–Crippen LogP) is 4.37. The molecule has 0 radical (unpaired) electrons. The van der Waals surface area contributed by atoms with Gasteiger partial charge < -0.3 is 79.3 Å². The van der Waals surface area contributed by atoms with Crippen molar-refractivity contribution in [3.05, 3.63) is 137 Å². The summed E-state index contributed by atoms with van der Waals surface area (Å²) < 4.78 is 56.1. The number of nitrogens with zero attached hydrogens (tertiary/aromatic N) is 2. The van der Waals surface area contributed by atoms with Gasteiger partial charge in [0.05, 0.1) is 58.6 Å². The van der Waals surface area contributed by atoms with Crippen molar-refractivity contribution in [1.29, 1.82) is 5.26 Å². The van der Waals surface area contributed by atoms with Crippen LogP contribution in [0.4, 0.5) is 0 Å². The van der Waals surface area contributed by atoms with Crippen LogP contribution in [0.2, 0.25) is 0 Å². The third kappa shape index (κ3) is 26.3. The monoisotopic (exact) mass is 1230 g/mol. The van der Waals surface area contributed by atoms with Crippen LogP contribution in [0.5, 0.6) is 0 Å². The zero-order valence-electron chi connectivity index (χ0n) is 51.1. The number of aldehydes is 1. The summed E-state index contributed by atoms with van der Waals surface area (Å²) in [5.74, 6) is -1.80. The first-order valence-corrected chi connectivity index (χ1v) is 26.9. The largest absolute Gasteiger partial charge is 1.00 e. The molecule has 86 heavy (non-hydrogen) atoms. The fraction of sp³-hybridized carbons (Fsp3) is 0.532. The molecule has 9 rings (SSSR count). The maximum Gasteiger partial charge on any atom is 1.00 e. The number of hydrogen-bond donors (Lipinski definition) is 3. The second-order valence-corrected chi connectivity index (χ2v) is 18.8. The summed E-state index contributed by atoms with van der Waals surface area (Å²) in [4.78, 5) is 79.7. The molecular weight excluding hydrogens is 1150 g/mol. The Labute approximate surface area is 549 Å². The van der Waals surface area contributed by atoms with Gasteiger partial charge in [0.1, 0.15) is 36.8 Å². The van der Waals surface area contributed by atoms with Gasteiger partial charge in [0.2, 0.25) is 12.0 Å². The second kappa shape index (κ2) is 45.5. The van der Waals surface area contributed by atoms with Gasteiger partial charge in [-0.25, -0.2) is 28.8 Å². The molecule has 3 N–H and O–H groups in total. The normalized spacial score (nSPS) is 24.0. The molecule has 9 aliphatic heterocycles. The molecule has 7 atom stereocenters. The Morgan fingerprint density at radius 3 is 1.40 bits per heavy atom. The molecule has 24 heteroatoms. The molecule has 0 aromatic rings. The first-order chi connectivity index (χ1) is 40.2. The van der Waals surface area contributed by atoms with Crippen LogP contribution in [-0.4, -0.2) is 160 Å². The minimum atomic E-state index is -1.00. The standard InChI is InChI=1S/C11H14O4.C10H14O4.C9H9NO2.C9H10O3.C9H12O2.C6H8O3.C4H8O.C2H6O2.CN.CH4.K/c1-3-4-8-9(7(2)10(12)15-8)11-13-5-6-14-11;1-2-3-8-7(6-9(11)14-8)10-12-4-5-13-10;1-4-5-7-8(10-3)6(2)9(11)12-7;1-3-4-8-7(5-10)6(2)9(11)12-8;1-4-5-8-6(2)7(3)9(10)11-8;1-3-4(2)6(8)9-5(3)7;1-2-4-5-3-1;3-1-2-4;1-2;;/h3,8,11H,1,4-6H2,2H3;2,7-8,10H,1,3-6H2;4,7H,1,5H2,2H3;3,5,8H,1,4H2,2H3;4,8H,1,5H2,2-3H3;5,7H,1-2H3;1-4H2;3-4H,1-2H2;;1H4;/q;;;;;;;;-1;;+1/p+1. The average Bonchev–Trinajstić information content (AvgIpc) is 3.54. The molecule has 7 unspecified atom stereocenters. The number of carbonyl (C=O) groups is 7. The Bertz CT molecular complexity index is 2540. The SMILES string of the molecule is C.C1CCOC1.C=CCC1OC(=O)C(C)=C1C.C=CCC1OC(=O)C(C)=C1C1OCCO1.C=CCC1OC(=O)C(C)=C1C=O.C=CCC1OC(=O)CC1C1OCCO1.CC1=C(C)C(O)OC1=O.OCCO.[C-]#N.[C-]#[N+]C1=C(C)C(=O)OC1CC=C.[H+].[K+]. The number of aliphatic hydroxyl groups is 3. The van der Waals surface area contributed by atoms with Gasteiger partial charge in [-0.1, -0.05) is 37.8 Å². The minimum Gasteiger partial charge on any atom is -0.512 e. The van der Waals surface area contributed by atoms with Crippen molar-refractivity contribution in [2.24, 2.45) is 5.92 Å². The number of ether oxygens (including phenoxy) is 11. The van der Waals surface area contributed by atoms with Crippen molar-refractivity contribution < 1.29 is 154 Å². The van der Waals surface area contributed by atoms with Gasteiger partial charge in [-0.05, 0) is 73.3 Å². The van der Waals surface area contributed by atoms with Crippen LogP contribution in [0.1, 0.15) is 109 Å². The number of esters is 6. The van der Waals surface area contributed by atoms with Gasteiger partial charge in [0.25, 0.3) is 0 Å². The van der Waals surface area contributed by atoms with Crippen molar-refractivity contribution in [3.8, 4) is 0 Å². The first kappa shape index (κ1) is 82.3. The first-order valence-electron chi connectivity index (χ1n) is 26.9. The van der Waals surface area contributed by atoms with Crippen molar-refractivity contribution >= 4 is 42.1 Å². The van der Waals surface area contributed by atoms with E-state index < -0.39 is 36.7 Å². The van der Waals surface area contributed by atoms with Gasteiger partial charge >= 0.3 is 88.6 Å². The van der Waals surface area contributed by atoms with E-state index in [0.717, 1.165) is 36.4 Å². The molecule has 9 heterocycles. The number of aliphatic hydroxyl groups excluding tert-OH is 3. The molecule has 0 saturated carbocycles. The average molecular weight is 1230 g/mol. The third-order valence-corrected chi connectivity index (χ3v) is 13.2. The fourth-order valence-electron chi connectivity index (χ4n) is 8.18. The maximum absolute atomic E-state index is 11.4. The summed E-state index contributed by atoms with van der Waals surface area (Å²) in [5, 5.41) is 30.3. The zero-order valence-corrected chi connectivity index (χ0v) is 53.2. The number of carbonyl (C=O) groups excluding carboxylic acids is 7. The van der Waals surface area contributed by atoms with E-state index >= 15 is 0 Å². The quantitative estimate of drug-likeness (QED) is 0.0543. The van der Waals surface area contributed by atoms with E-state index in [1.54, 1.807) is 71.9 Å². The van der Waals surface area contributed by atoms with E-state index in [9.17, 15) is 33.6 Å². The summed E-state index contributed by atoms with van der Waals surface area (Å²) in [6, 6.07) is 0. The van der Waals surface area contributed by atoms with Crippen molar-refractivity contribution in [3.63, 3.8) is 0 Å². The minimum absolute atomic E-state index is 0. The van der Waals surface area contributed by atoms with E-state index in [1.165, 1.54) is 12.8 Å². The maximum atomic E-state index is 11.4. The van der Waals surface area contributed by atoms with Crippen LogP contribution in [0.3, 0.4) is 0 Å². The molecule has 4 saturated heterocycles. The Kier molecular flexibility index (Phi) is 43.5. The van der Waals surface area contributed by atoms with E-state index in [1.807, 2.05) is 6.92 Å². The number of rotatable bonds is 14. The Balaban J connectivity index is -0.000000938. The molecule has 0 aromatic heterocycles. The van der Waals surface area contributed by atoms with Crippen molar-refractivity contribution in [2.75, 3.05) is 52.9 Å². The number of cyclic esters (lactones) is 6. The molecule has 0 aliphatic carbocycles. The molecule has 470 valence electrons. The topological polar surface area (TPSA) is 310 Å². The van der Waals surface area contributed by atoms with Gasteiger partial charge in [-0.3, -0.25) is 9.59 Å². The summed E-state index contributed by atoms with van der Waals surface area (Å²) in [5.41, 5.74) is 6.04. The van der Waals surface area contributed by atoms with Crippen LogP contribution in [0.15, 0.2) is 119 Å². The molecule has 0 bridgehead atoms. The summed E-state index contributed by atoms with van der Waals surface area (Å²) in [7, 11) is 0. The molecule has 4 fully saturated rings. The Morgan fingerprint density at radius 2 is 0.977 bits per heavy atom. The van der Waals surface area contributed by atoms with Crippen LogP contribution in [-0.2, 0) is 85.7 Å². The van der Waals surface area contributed by atoms with Crippen LogP contribution in [0, 0.1) is 24.3 Å². The van der Waals surface area contributed by atoms with E-state index in [4.69, 9.17) is 81.1 Å². The van der Waals surface area contributed by atoms with Crippen molar-refractivity contribution in [2.45, 2.75) is 157 Å². The van der Waals surface area contributed by atoms with Gasteiger partial charge in [-0.15, -0.1) is 32.9 Å².